The van der Waals surface area contributed by atoms with Gasteiger partial charge in [0.05, 0.1) is 33.1 Å². The summed E-state index contributed by atoms with van der Waals surface area (Å²) in [6.45, 7) is 4.44. The van der Waals surface area contributed by atoms with E-state index in [1.54, 1.807) is 30.5 Å². The van der Waals surface area contributed by atoms with Gasteiger partial charge in [0.1, 0.15) is 12.4 Å². The number of benzene rings is 3. The van der Waals surface area contributed by atoms with Gasteiger partial charge < -0.3 is 9.47 Å². The van der Waals surface area contributed by atoms with Crippen LogP contribution in [-0.4, -0.2) is 27.4 Å². The molecule has 0 unspecified atom stereocenters. The van der Waals surface area contributed by atoms with Crippen LogP contribution in [0.15, 0.2) is 71.8 Å². The number of aryl methyl sites for hydroxylation is 1. The van der Waals surface area contributed by atoms with E-state index >= 15 is 0 Å². The van der Waals surface area contributed by atoms with Crippen molar-refractivity contribution in [3.63, 3.8) is 0 Å². The Morgan fingerprint density at radius 3 is 2.46 bits per heavy atom. The fourth-order valence-electron chi connectivity index (χ4n) is 3.78. The Hall–Kier alpha value is -3.09. The van der Waals surface area contributed by atoms with Crippen LogP contribution in [-0.2, 0) is 13.0 Å². The summed E-state index contributed by atoms with van der Waals surface area (Å²) in [5.41, 5.74) is 1.78. The average Bonchev–Trinajstić information content (AvgIpc) is 2.92. The SMILES string of the molecule is CCCc1nc2ccc(Br)cc2c(=O)n1N=Cc1cc(OCC)c(OCc2ccc([N+](=O)[O-])cc2)c(Br)c1Br. The van der Waals surface area contributed by atoms with E-state index in [0.29, 0.717) is 55.8 Å². The Morgan fingerprint density at radius 2 is 1.79 bits per heavy atom. The van der Waals surface area contributed by atoms with Gasteiger partial charge in [0.25, 0.3) is 11.2 Å². The number of hydrogen-bond donors (Lipinski definition) is 0. The molecule has 0 bridgehead atoms. The molecule has 202 valence electrons. The first kappa shape index (κ1) is 28.9. The molecule has 0 amide bonds. The molecule has 4 aromatic rings. The maximum atomic E-state index is 13.3. The molecule has 0 aliphatic rings. The van der Waals surface area contributed by atoms with E-state index in [0.717, 1.165) is 16.5 Å². The molecule has 0 radical (unpaired) electrons. The lowest BCUT2D eigenvalue weighted by Crippen LogP contribution is -2.22. The van der Waals surface area contributed by atoms with Crippen LogP contribution in [0.2, 0.25) is 0 Å². The predicted octanol–water partition coefficient (Wildman–Crippen LogP) is 7.40. The van der Waals surface area contributed by atoms with Gasteiger partial charge in [0, 0.05) is 33.1 Å². The van der Waals surface area contributed by atoms with Gasteiger partial charge in [-0.1, -0.05) is 22.9 Å². The number of ether oxygens (including phenoxy) is 2. The van der Waals surface area contributed by atoms with Crippen LogP contribution < -0.4 is 15.0 Å². The number of fused-ring (bicyclic) bond motifs is 1. The average molecular weight is 723 g/mol. The molecule has 0 aliphatic heterocycles. The number of rotatable bonds is 10. The summed E-state index contributed by atoms with van der Waals surface area (Å²) in [5, 5.41) is 15.9. The zero-order valence-corrected chi connectivity index (χ0v) is 25.7. The van der Waals surface area contributed by atoms with Crippen LogP contribution in [0.25, 0.3) is 10.9 Å². The third-order valence-electron chi connectivity index (χ3n) is 5.65. The number of nitrogens with zero attached hydrogens (tertiary/aromatic N) is 4. The first-order valence-corrected chi connectivity index (χ1v) is 14.4. The highest BCUT2D eigenvalue weighted by Crippen LogP contribution is 2.43. The lowest BCUT2D eigenvalue weighted by atomic mass is 10.2. The zero-order valence-electron chi connectivity index (χ0n) is 21.0. The topological polar surface area (TPSA) is 109 Å². The molecule has 1 aromatic heterocycles. The van der Waals surface area contributed by atoms with Crippen LogP contribution in [0.5, 0.6) is 11.5 Å². The van der Waals surface area contributed by atoms with Gasteiger partial charge >= 0.3 is 0 Å². The minimum atomic E-state index is -0.446. The lowest BCUT2D eigenvalue weighted by molar-refractivity contribution is -0.384. The van der Waals surface area contributed by atoms with E-state index in [1.807, 2.05) is 26.0 Å². The van der Waals surface area contributed by atoms with E-state index in [9.17, 15) is 14.9 Å². The van der Waals surface area contributed by atoms with E-state index in [2.05, 4.69) is 57.9 Å². The predicted molar refractivity (Wildman–Crippen MR) is 161 cm³/mol. The Bertz CT molecular complexity index is 1620. The molecule has 1 heterocycles. The highest BCUT2D eigenvalue weighted by atomic mass is 79.9. The largest absolute Gasteiger partial charge is 0.490 e. The van der Waals surface area contributed by atoms with E-state index in [4.69, 9.17) is 9.47 Å². The van der Waals surface area contributed by atoms with Gasteiger partial charge in [0.2, 0.25) is 0 Å². The van der Waals surface area contributed by atoms with Crippen LogP contribution in [0.4, 0.5) is 5.69 Å². The summed E-state index contributed by atoms with van der Waals surface area (Å²) >= 11 is 10.6. The van der Waals surface area contributed by atoms with Crippen LogP contribution in [0.1, 0.15) is 37.2 Å². The van der Waals surface area contributed by atoms with Gasteiger partial charge in [-0.25, -0.2) is 4.98 Å². The number of aromatic nitrogens is 2. The second-order valence-electron chi connectivity index (χ2n) is 8.37. The van der Waals surface area contributed by atoms with Crippen molar-refractivity contribution >= 4 is 70.6 Å². The van der Waals surface area contributed by atoms with Crippen molar-refractivity contribution < 1.29 is 14.4 Å². The normalized spacial score (nSPS) is 11.3. The standard InChI is InChI=1S/C27H23Br3N4O5/c1-3-5-23-32-21-11-8-18(28)13-20(21)27(35)33(23)31-14-17-12-22(38-4-2)26(25(30)24(17)29)39-15-16-6-9-19(10-7-16)34(36)37/h6-14H,3-5,15H2,1-2H3. The van der Waals surface area contributed by atoms with E-state index < -0.39 is 4.92 Å². The van der Waals surface area contributed by atoms with Crippen LogP contribution >= 0.6 is 47.8 Å². The molecular formula is C27H23Br3N4O5. The van der Waals surface area contributed by atoms with E-state index in [-0.39, 0.29) is 17.9 Å². The number of nitro benzene ring substituents is 1. The molecule has 0 aliphatic carbocycles. The third kappa shape index (κ3) is 6.56. The number of nitro groups is 1. The van der Waals surface area contributed by atoms with Crippen molar-refractivity contribution in [2.24, 2.45) is 5.10 Å². The second-order valence-corrected chi connectivity index (χ2v) is 10.9. The Morgan fingerprint density at radius 1 is 1.05 bits per heavy atom. The molecule has 0 saturated carbocycles. The van der Waals surface area contributed by atoms with Crippen molar-refractivity contribution in [2.45, 2.75) is 33.3 Å². The van der Waals surface area contributed by atoms with Crippen molar-refractivity contribution in [1.29, 1.82) is 0 Å². The highest BCUT2D eigenvalue weighted by Gasteiger charge is 2.18. The zero-order chi connectivity index (χ0) is 28.1. The quantitative estimate of drug-likeness (QED) is 0.0959. The van der Waals surface area contributed by atoms with Crippen molar-refractivity contribution in [1.82, 2.24) is 9.66 Å². The molecule has 0 spiro atoms. The van der Waals surface area contributed by atoms with Crippen molar-refractivity contribution in [2.75, 3.05) is 6.61 Å². The third-order valence-corrected chi connectivity index (χ3v) is 8.28. The lowest BCUT2D eigenvalue weighted by Gasteiger charge is -2.16. The van der Waals surface area contributed by atoms with Gasteiger partial charge in [-0.3, -0.25) is 14.9 Å². The molecule has 39 heavy (non-hydrogen) atoms. The number of non-ortho nitro benzene ring substituents is 1. The molecular weight excluding hydrogens is 700 g/mol. The monoisotopic (exact) mass is 720 g/mol. The molecule has 0 atom stereocenters. The van der Waals surface area contributed by atoms with Gasteiger partial charge in [0.15, 0.2) is 11.5 Å². The van der Waals surface area contributed by atoms with Gasteiger partial charge in [-0.2, -0.15) is 9.78 Å². The molecule has 0 saturated heterocycles. The van der Waals surface area contributed by atoms with Gasteiger partial charge in [-0.05, 0) is 87.2 Å². The summed E-state index contributed by atoms with van der Waals surface area (Å²) < 4.78 is 15.3. The van der Waals surface area contributed by atoms with Gasteiger partial charge in [-0.15, -0.1) is 0 Å². The summed E-state index contributed by atoms with van der Waals surface area (Å²) in [5.74, 6) is 1.50. The molecule has 12 heteroatoms. The first-order valence-electron chi connectivity index (χ1n) is 12.0. The van der Waals surface area contributed by atoms with Crippen molar-refractivity contribution in [3.05, 3.63) is 99.4 Å². The smallest absolute Gasteiger partial charge is 0.282 e. The van der Waals surface area contributed by atoms with Crippen molar-refractivity contribution in [3.8, 4) is 11.5 Å². The highest BCUT2D eigenvalue weighted by molar-refractivity contribution is 9.13. The molecule has 0 N–H and O–H groups in total. The fraction of sp³-hybridized carbons (Fsp3) is 0.222. The molecule has 0 fully saturated rings. The summed E-state index contributed by atoms with van der Waals surface area (Å²) in [4.78, 5) is 28.5. The summed E-state index contributed by atoms with van der Waals surface area (Å²) in [7, 11) is 0. The van der Waals surface area contributed by atoms with Crippen LogP contribution in [0, 0.1) is 10.1 Å². The van der Waals surface area contributed by atoms with E-state index in [1.165, 1.54) is 16.8 Å². The minimum absolute atomic E-state index is 0.0109. The summed E-state index contributed by atoms with van der Waals surface area (Å²) in [6.07, 6.45) is 2.96. The first-order chi connectivity index (χ1) is 18.7. The summed E-state index contributed by atoms with van der Waals surface area (Å²) in [6, 6.07) is 13.3. The second kappa shape index (κ2) is 12.8. The molecule has 4 rings (SSSR count). The fourth-order valence-corrected chi connectivity index (χ4v) is 5.08. The molecule has 3 aromatic carbocycles. The van der Waals surface area contributed by atoms with Crippen LogP contribution in [0.3, 0.4) is 0 Å². The maximum Gasteiger partial charge on any atom is 0.282 e. The Balaban J connectivity index is 1.70. The molecule has 9 nitrogen and oxygen atoms in total. The Labute approximate surface area is 249 Å². The number of halogens is 3. The number of hydrogen-bond acceptors (Lipinski definition) is 7. The minimum Gasteiger partial charge on any atom is -0.490 e. The maximum absolute atomic E-state index is 13.3. The Kier molecular flexibility index (Phi) is 9.52.